The van der Waals surface area contributed by atoms with Gasteiger partial charge in [0.25, 0.3) is 0 Å². The second-order valence-electron chi connectivity index (χ2n) is 14.9. The van der Waals surface area contributed by atoms with Crippen LogP contribution in [-0.4, -0.2) is 87.0 Å². The van der Waals surface area contributed by atoms with Crippen molar-refractivity contribution in [3.63, 3.8) is 0 Å². The van der Waals surface area contributed by atoms with Gasteiger partial charge in [0.2, 0.25) is 12.6 Å². The van der Waals surface area contributed by atoms with Crippen LogP contribution >= 0.6 is 0 Å². The lowest BCUT2D eigenvalue weighted by Crippen LogP contribution is -2.52. The second-order valence-corrected chi connectivity index (χ2v) is 14.9. The third-order valence-corrected chi connectivity index (χ3v) is 10.7. The number of carbonyl (C=O) groups excluding carboxylic acids is 4. The molecule has 3 aliphatic rings. The molecular weight excluding hydrogens is 754 g/mol. The van der Waals surface area contributed by atoms with Gasteiger partial charge in [-0.2, -0.15) is 0 Å². The number of esters is 1. The molecular formula is C43H43NO14. The highest BCUT2D eigenvalue weighted by atomic mass is 16.7. The lowest BCUT2D eigenvalue weighted by atomic mass is 9.72. The molecule has 0 saturated carbocycles. The van der Waals surface area contributed by atoms with E-state index in [1.807, 2.05) is 13.8 Å². The zero-order chi connectivity index (χ0) is 41.6. The van der Waals surface area contributed by atoms with Crippen molar-refractivity contribution >= 4 is 23.3 Å². The molecule has 15 nitrogen and oxygen atoms in total. The first-order chi connectivity index (χ1) is 27.6. The lowest BCUT2D eigenvalue weighted by molar-refractivity contribution is -0.247. The Balaban J connectivity index is 1.17. The summed E-state index contributed by atoms with van der Waals surface area (Å²) >= 11 is 0. The highest BCUT2D eigenvalue weighted by Gasteiger charge is 2.49. The van der Waals surface area contributed by atoms with Crippen LogP contribution in [0.15, 0.2) is 66.7 Å². The average Bonchev–Trinajstić information content (AvgIpc) is 3.18. The molecule has 2 aliphatic carbocycles. The summed E-state index contributed by atoms with van der Waals surface area (Å²) in [6.07, 6.45) is -6.66. The van der Waals surface area contributed by atoms with Crippen LogP contribution in [0.25, 0.3) is 0 Å². The number of phenols is 2. The van der Waals surface area contributed by atoms with E-state index in [-0.39, 0.29) is 34.4 Å². The maximum absolute atomic E-state index is 14.4. The molecule has 0 bridgehead atoms. The Morgan fingerprint density at radius 3 is 2.09 bits per heavy atom. The Hall–Kier alpha value is -5.84. The van der Waals surface area contributed by atoms with E-state index in [1.54, 1.807) is 55.5 Å². The largest absolute Gasteiger partial charge is 0.507 e. The van der Waals surface area contributed by atoms with Crippen molar-refractivity contribution in [1.82, 2.24) is 0 Å². The molecule has 1 fully saturated rings. The van der Waals surface area contributed by atoms with Gasteiger partial charge in [0.15, 0.2) is 17.9 Å². The molecule has 1 aliphatic heterocycles. The average molecular weight is 798 g/mol. The van der Waals surface area contributed by atoms with Gasteiger partial charge < -0.3 is 54.6 Å². The first-order valence-corrected chi connectivity index (χ1v) is 18.6. The number of aliphatic hydroxyl groups is 2. The topological polar surface area (TPSA) is 231 Å². The minimum Gasteiger partial charge on any atom is -0.507 e. The van der Waals surface area contributed by atoms with Crippen LogP contribution in [0.5, 0.6) is 28.7 Å². The van der Waals surface area contributed by atoms with Gasteiger partial charge in [-0.15, -0.1) is 0 Å². The molecule has 4 aromatic carbocycles. The normalized spacial score (nSPS) is 23.7. The van der Waals surface area contributed by atoms with Crippen LogP contribution in [0.4, 0.5) is 0 Å². The van der Waals surface area contributed by atoms with Gasteiger partial charge in [0.1, 0.15) is 34.3 Å². The molecule has 4 aromatic rings. The highest BCUT2D eigenvalue weighted by Crippen LogP contribution is 2.52. The van der Waals surface area contributed by atoms with Crippen LogP contribution in [0.3, 0.4) is 0 Å². The minimum absolute atomic E-state index is 0.000487. The van der Waals surface area contributed by atoms with Gasteiger partial charge in [0, 0.05) is 42.0 Å². The van der Waals surface area contributed by atoms with Gasteiger partial charge >= 0.3 is 12.3 Å². The molecule has 304 valence electrons. The second kappa shape index (κ2) is 15.8. The van der Waals surface area contributed by atoms with E-state index in [4.69, 9.17) is 34.2 Å². The Morgan fingerprint density at radius 1 is 0.897 bits per heavy atom. The number of ether oxygens (including phenoxy) is 6. The van der Waals surface area contributed by atoms with E-state index in [9.17, 15) is 39.6 Å². The molecule has 6 N–H and O–H groups in total. The molecule has 7 rings (SSSR count). The molecule has 1 saturated heterocycles. The van der Waals surface area contributed by atoms with Crippen LogP contribution in [-0.2, 0) is 30.2 Å². The van der Waals surface area contributed by atoms with Crippen molar-refractivity contribution in [3.05, 3.63) is 111 Å². The Kier molecular flexibility index (Phi) is 11.0. The third kappa shape index (κ3) is 7.62. The monoisotopic (exact) mass is 797 g/mol. The maximum atomic E-state index is 14.4. The summed E-state index contributed by atoms with van der Waals surface area (Å²) in [4.78, 5) is 54.6. The van der Waals surface area contributed by atoms with Crippen LogP contribution in [0, 0.1) is 13.8 Å². The third-order valence-electron chi connectivity index (χ3n) is 10.7. The summed E-state index contributed by atoms with van der Waals surface area (Å²) in [5.41, 5.74) is 4.05. The Morgan fingerprint density at radius 2 is 1.50 bits per heavy atom. The molecule has 0 amide bonds. The summed E-state index contributed by atoms with van der Waals surface area (Å²) in [6.45, 7) is 5.77. The smallest absolute Gasteiger partial charge is 0.392 e. The van der Waals surface area contributed by atoms with Gasteiger partial charge in [-0.05, 0) is 58.0 Å². The zero-order valence-electron chi connectivity index (χ0n) is 32.1. The number of phenolic OH excluding ortho intramolecular Hbond substituents is 2. The van der Waals surface area contributed by atoms with Crippen LogP contribution in [0.1, 0.15) is 86.9 Å². The van der Waals surface area contributed by atoms with Crippen molar-refractivity contribution < 1.29 is 68.0 Å². The summed E-state index contributed by atoms with van der Waals surface area (Å²) < 4.78 is 34.7. The number of fused-ring (bicyclic) bond motifs is 3. The van der Waals surface area contributed by atoms with Gasteiger partial charge in [0.05, 0.1) is 35.0 Å². The lowest BCUT2D eigenvalue weighted by Gasteiger charge is -2.42. The summed E-state index contributed by atoms with van der Waals surface area (Å²) in [5, 5.41) is 45.3. The first-order valence-electron chi connectivity index (χ1n) is 18.6. The number of hydrogen-bond acceptors (Lipinski definition) is 15. The van der Waals surface area contributed by atoms with E-state index < -0.39 is 108 Å². The van der Waals surface area contributed by atoms with Crippen molar-refractivity contribution in [2.45, 2.75) is 89.5 Å². The minimum atomic E-state index is -2.09. The number of carbonyl (C=O) groups is 4. The van der Waals surface area contributed by atoms with Crippen molar-refractivity contribution in [2.75, 3.05) is 6.79 Å². The van der Waals surface area contributed by atoms with Gasteiger partial charge in [-0.1, -0.05) is 47.5 Å². The van der Waals surface area contributed by atoms with Gasteiger partial charge in [-0.25, -0.2) is 4.79 Å². The summed E-state index contributed by atoms with van der Waals surface area (Å²) in [5.74, 6) is -4.39. The van der Waals surface area contributed by atoms with E-state index in [2.05, 4.69) is 0 Å². The van der Waals surface area contributed by atoms with E-state index in [1.165, 1.54) is 18.2 Å². The number of aromatic hydroxyl groups is 2. The predicted molar refractivity (Wildman–Crippen MR) is 203 cm³/mol. The number of ketones is 3. The summed E-state index contributed by atoms with van der Waals surface area (Å²) in [7, 11) is 0. The van der Waals surface area contributed by atoms with Gasteiger partial charge in [-0.3, -0.25) is 14.4 Å². The van der Waals surface area contributed by atoms with Crippen LogP contribution < -0.4 is 19.9 Å². The molecule has 1 heterocycles. The molecule has 0 spiro atoms. The summed E-state index contributed by atoms with van der Waals surface area (Å²) in [6, 6.07) is 17.2. The van der Waals surface area contributed by atoms with Crippen molar-refractivity contribution in [1.29, 1.82) is 0 Å². The standard InChI is InChI=1S/C43H43NO14/c1-20-8-12-24(13-9-20)56-42(57-25-14-10-21(2)11-15-25)41(51)54-19-53-29-7-5-6-26-32(29)39(49)35-34(37(26)47)38(48)27-17-43(52,23(4)45)18-30(33(27)40(35)50)58-31-16-28(44)36(46)22(3)55-31/h5-15,22,28,30-31,36,42,46,48,50,52H,16-19,44H2,1-4H3/t22?,28?,30-,31?,36?,43-/m0/s1. The van der Waals surface area contributed by atoms with Crippen LogP contribution in [0.2, 0.25) is 0 Å². The first kappa shape index (κ1) is 40.4. The zero-order valence-corrected chi connectivity index (χ0v) is 32.1. The molecule has 15 heteroatoms. The highest BCUT2D eigenvalue weighted by molar-refractivity contribution is 6.31. The number of hydrogen-bond donors (Lipinski definition) is 5. The molecule has 58 heavy (non-hydrogen) atoms. The fraction of sp³-hybridized carbons (Fsp3) is 0.349. The number of nitrogens with two attached hydrogens (primary N) is 1. The fourth-order valence-corrected chi connectivity index (χ4v) is 7.43. The maximum Gasteiger partial charge on any atom is 0.392 e. The van der Waals surface area contributed by atoms with E-state index >= 15 is 0 Å². The predicted octanol–water partition coefficient (Wildman–Crippen LogP) is 4.00. The van der Waals surface area contributed by atoms with Crippen molar-refractivity contribution in [3.8, 4) is 28.7 Å². The molecule has 0 radical (unpaired) electrons. The number of aliphatic hydroxyl groups excluding tert-OH is 1. The number of aryl methyl sites for hydroxylation is 2. The number of rotatable bonds is 11. The Labute approximate surface area is 332 Å². The molecule has 4 unspecified atom stereocenters. The van der Waals surface area contributed by atoms with Crippen molar-refractivity contribution in [2.24, 2.45) is 5.73 Å². The number of Topliss-reactive ketones (excluding diaryl/α,β-unsaturated/α-hetero) is 1. The quantitative estimate of drug-likeness (QED) is 0.0723. The SMILES string of the molecule is CC(=O)[C@]1(O)Cc2c(O)c3c(c(O)c2[C@@H](OC2CC(N)C(O)C(C)O2)C1)C(=O)c1c(OCOC(=O)C(Oc2ccc(C)cc2)Oc2ccc(C)cc2)cccc1C3=O. The number of benzene rings is 4. The van der Waals surface area contributed by atoms with E-state index in [0.717, 1.165) is 18.1 Å². The van der Waals surface area contributed by atoms with E-state index in [0.29, 0.717) is 11.5 Å². The molecule has 0 aromatic heterocycles. The molecule has 6 atom stereocenters. The Bertz CT molecular complexity index is 2210. The fourth-order valence-electron chi connectivity index (χ4n) is 7.43.